The standard InChI is InChI=1S/C21H22F4N8/c1-11-27-16-4-3-15(28-20(16)32(11)10-18(24)25)19-13(23)9-33-17(19)7-26-21(30-33)29-14-5-6-31(2)8-12(14)22/h3-4,7,9,12,14,18H,5-6,8,10H2,1-2H3,(H,29,30)/t12-,14+/m1/s1. The number of pyridine rings is 1. The fourth-order valence-corrected chi connectivity index (χ4v) is 4.25. The minimum atomic E-state index is -2.58. The first-order valence-electron chi connectivity index (χ1n) is 10.6. The van der Waals surface area contributed by atoms with Gasteiger partial charge in [-0.3, -0.25) is 0 Å². The Bertz CT molecular complexity index is 1320. The second-order valence-electron chi connectivity index (χ2n) is 8.28. The number of hydrogen-bond donors (Lipinski definition) is 1. The Morgan fingerprint density at radius 1 is 1.24 bits per heavy atom. The largest absolute Gasteiger partial charge is 0.347 e. The maximum Gasteiger partial charge on any atom is 0.256 e. The highest BCUT2D eigenvalue weighted by atomic mass is 19.3. The van der Waals surface area contributed by atoms with Gasteiger partial charge in [0.2, 0.25) is 5.95 Å². The van der Waals surface area contributed by atoms with Crippen molar-refractivity contribution in [2.24, 2.45) is 0 Å². The molecular weight excluding hydrogens is 440 g/mol. The predicted octanol–water partition coefficient (Wildman–Crippen LogP) is 3.31. The number of nitrogens with one attached hydrogen (secondary N) is 1. The number of imidazole rings is 1. The molecule has 4 aromatic rings. The number of likely N-dealkylation sites (tertiary alicyclic amines) is 1. The highest BCUT2D eigenvalue weighted by molar-refractivity contribution is 5.83. The van der Waals surface area contributed by atoms with E-state index >= 15 is 0 Å². The van der Waals surface area contributed by atoms with Gasteiger partial charge in [-0.2, -0.15) is 0 Å². The van der Waals surface area contributed by atoms with Gasteiger partial charge in [0, 0.05) is 13.1 Å². The van der Waals surface area contributed by atoms with Crippen molar-refractivity contribution in [2.45, 2.75) is 38.5 Å². The van der Waals surface area contributed by atoms with Gasteiger partial charge in [-0.15, -0.1) is 5.10 Å². The van der Waals surface area contributed by atoms with Crippen molar-refractivity contribution in [3.8, 4) is 11.3 Å². The first-order valence-corrected chi connectivity index (χ1v) is 10.6. The third-order valence-electron chi connectivity index (χ3n) is 5.91. The Morgan fingerprint density at radius 2 is 2.06 bits per heavy atom. The number of alkyl halides is 3. The van der Waals surface area contributed by atoms with Crippen LogP contribution < -0.4 is 5.32 Å². The number of fused-ring (bicyclic) bond motifs is 2. The lowest BCUT2D eigenvalue weighted by Crippen LogP contribution is -2.46. The number of anilines is 1. The summed E-state index contributed by atoms with van der Waals surface area (Å²) in [6.45, 7) is 2.13. The number of rotatable bonds is 5. The van der Waals surface area contributed by atoms with Crippen molar-refractivity contribution in [1.82, 2.24) is 34.0 Å². The van der Waals surface area contributed by atoms with E-state index in [0.29, 0.717) is 29.8 Å². The molecule has 5 rings (SSSR count). The quantitative estimate of drug-likeness (QED) is 0.459. The normalized spacial score (nSPS) is 19.7. The lowest BCUT2D eigenvalue weighted by atomic mass is 10.0. The monoisotopic (exact) mass is 462 g/mol. The molecule has 0 aliphatic carbocycles. The number of aromatic nitrogens is 6. The Hall–Kier alpha value is -3.28. The molecule has 0 bridgehead atoms. The molecule has 0 radical (unpaired) electrons. The van der Waals surface area contributed by atoms with E-state index in [-0.39, 0.29) is 22.9 Å². The van der Waals surface area contributed by atoms with Gasteiger partial charge in [0.25, 0.3) is 6.43 Å². The Kier molecular flexibility index (Phi) is 5.39. The predicted molar refractivity (Wildman–Crippen MR) is 115 cm³/mol. The van der Waals surface area contributed by atoms with Gasteiger partial charge in [-0.25, -0.2) is 37.0 Å². The zero-order valence-corrected chi connectivity index (χ0v) is 18.0. The first kappa shape index (κ1) is 21.6. The second-order valence-corrected chi connectivity index (χ2v) is 8.28. The van der Waals surface area contributed by atoms with Crippen molar-refractivity contribution in [3.63, 3.8) is 0 Å². The molecule has 8 nitrogen and oxygen atoms in total. The highest BCUT2D eigenvalue weighted by Crippen LogP contribution is 2.29. The van der Waals surface area contributed by atoms with Crippen LogP contribution in [-0.2, 0) is 6.54 Å². The molecule has 0 aromatic carbocycles. The van der Waals surface area contributed by atoms with Gasteiger partial charge in [0.15, 0.2) is 11.5 Å². The lowest BCUT2D eigenvalue weighted by molar-refractivity contribution is 0.127. The van der Waals surface area contributed by atoms with Gasteiger partial charge in [-0.1, -0.05) is 0 Å². The van der Waals surface area contributed by atoms with Crippen LogP contribution in [0.25, 0.3) is 27.9 Å². The molecule has 1 fully saturated rings. The molecule has 5 heterocycles. The summed E-state index contributed by atoms with van der Waals surface area (Å²) in [5.41, 5.74) is 1.44. The van der Waals surface area contributed by atoms with E-state index in [0.717, 1.165) is 6.54 Å². The zero-order valence-electron chi connectivity index (χ0n) is 18.0. The molecule has 33 heavy (non-hydrogen) atoms. The number of aryl methyl sites for hydroxylation is 1. The molecule has 0 amide bonds. The Labute approximate surface area is 186 Å². The van der Waals surface area contributed by atoms with E-state index in [1.165, 1.54) is 21.5 Å². The maximum atomic E-state index is 14.9. The number of nitrogens with zero attached hydrogens (tertiary/aromatic N) is 7. The summed E-state index contributed by atoms with van der Waals surface area (Å²) < 4.78 is 57.9. The average Bonchev–Trinajstić information content (AvgIpc) is 3.24. The van der Waals surface area contributed by atoms with Crippen LogP contribution in [0.3, 0.4) is 0 Å². The summed E-state index contributed by atoms with van der Waals surface area (Å²) in [4.78, 5) is 14.8. The number of piperidine rings is 1. The van der Waals surface area contributed by atoms with Gasteiger partial charge in [0.1, 0.15) is 17.5 Å². The summed E-state index contributed by atoms with van der Waals surface area (Å²) in [6.07, 6.45) is -0.431. The molecule has 0 spiro atoms. The molecule has 1 N–H and O–H groups in total. The lowest BCUT2D eigenvalue weighted by Gasteiger charge is -2.32. The van der Waals surface area contributed by atoms with Gasteiger partial charge in [0.05, 0.1) is 41.8 Å². The second kappa shape index (κ2) is 8.25. The molecule has 4 aromatic heterocycles. The van der Waals surface area contributed by atoms with Crippen LogP contribution in [0.15, 0.2) is 24.5 Å². The van der Waals surface area contributed by atoms with Gasteiger partial charge in [-0.05, 0) is 32.5 Å². The third kappa shape index (κ3) is 3.99. The molecule has 1 aliphatic heterocycles. The van der Waals surface area contributed by atoms with E-state index in [9.17, 15) is 17.6 Å². The van der Waals surface area contributed by atoms with E-state index in [2.05, 4.69) is 25.4 Å². The summed E-state index contributed by atoms with van der Waals surface area (Å²) in [6, 6.07) is 2.77. The van der Waals surface area contributed by atoms with E-state index in [4.69, 9.17) is 0 Å². The summed E-state index contributed by atoms with van der Waals surface area (Å²) >= 11 is 0. The molecule has 1 saturated heterocycles. The Morgan fingerprint density at radius 3 is 2.82 bits per heavy atom. The SMILES string of the molecule is Cc1nc2ccc(-c3c(F)cn4nc(N[C@H]5CCN(C)C[C@H]5F)ncc34)nc2n1CC(F)F. The molecule has 0 saturated carbocycles. The fourth-order valence-electron chi connectivity index (χ4n) is 4.25. The van der Waals surface area contributed by atoms with Crippen LogP contribution >= 0.6 is 0 Å². The van der Waals surface area contributed by atoms with Crippen molar-refractivity contribution in [1.29, 1.82) is 0 Å². The van der Waals surface area contributed by atoms with Crippen molar-refractivity contribution in [3.05, 3.63) is 36.2 Å². The van der Waals surface area contributed by atoms with Gasteiger partial charge < -0.3 is 14.8 Å². The molecular formula is C21H22F4N8. The maximum absolute atomic E-state index is 14.9. The van der Waals surface area contributed by atoms with Crippen molar-refractivity contribution < 1.29 is 17.6 Å². The molecule has 174 valence electrons. The van der Waals surface area contributed by atoms with Crippen LogP contribution in [0.1, 0.15) is 12.2 Å². The smallest absolute Gasteiger partial charge is 0.256 e. The van der Waals surface area contributed by atoms with Crippen molar-refractivity contribution >= 4 is 22.6 Å². The molecule has 1 aliphatic rings. The minimum absolute atomic E-state index is 0.147. The number of halogens is 4. The molecule has 2 atom stereocenters. The minimum Gasteiger partial charge on any atom is -0.347 e. The van der Waals surface area contributed by atoms with Crippen LogP contribution in [0, 0.1) is 12.7 Å². The first-order chi connectivity index (χ1) is 15.8. The summed E-state index contributed by atoms with van der Waals surface area (Å²) in [7, 11) is 1.86. The summed E-state index contributed by atoms with van der Waals surface area (Å²) in [5, 5.41) is 7.28. The average molecular weight is 462 g/mol. The molecule has 12 heteroatoms. The fraction of sp³-hybridized carbons (Fsp3) is 0.429. The van der Waals surface area contributed by atoms with Crippen LogP contribution in [0.5, 0.6) is 0 Å². The van der Waals surface area contributed by atoms with Crippen LogP contribution in [0.2, 0.25) is 0 Å². The van der Waals surface area contributed by atoms with E-state index in [1.54, 1.807) is 19.1 Å². The zero-order chi connectivity index (χ0) is 23.3. The van der Waals surface area contributed by atoms with Crippen LogP contribution in [-0.4, -0.2) is 72.8 Å². The third-order valence-corrected chi connectivity index (χ3v) is 5.91. The summed E-state index contributed by atoms with van der Waals surface area (Å²) in [5.74, 6) is -0.000751. The Balaban J connectivity index is 1.50. The van der Waals surface area contributed by atoms with E-state index in [1.807, 2.05) is 11.9 Å². The van der Waals surface area contributed by atoms with Gasteiger partial charge >= 0.3 is 0 Å². The molecule has 0 unspecified atom stereocenters. The van der Waals surface area contributed by atoms with Crippen LogP contribution in [0.4, 0.5) is 23.5 Å². The van der Waals surface area contributed by atoms with Crippen molar-refractivity contribution in [2.75, 3.05) is 25.5 Å². The van der Waals surface area contributed by atoms with E-state index < -0.39 is 31.0 Å². The highest BCUT2D eigenvalue weighted by Gasteiger charge is 2.28. The number of hydrogen-bond acceptors (Lipinski definition) is 6. The topological polar surface area (TPSA) is 76.2 Å².